The lowest BCUT2D eigenvalue weighted by Gasteiger charge is -2.23. The number of hydrogen-bond acceptors (Lipinski definition) is 3. The molecule has 0 saturated heterocycles. The number of pyridine rings is 1. The zero-order valence-electron chi connectivity index (χ0n) is 12.3. The van der Waals surface area contributed by atoms with E-state index in [0.29, 0.717) is 6.42 Å². The molecule has 0 aliphatic rings. The van der Waals surface area contributed by atoms with Gasteiger partial charge in [0, 0.05) is 31.4 Å². The van der Waals surface area contributed by atoms with Crippen LogP contribution in [0.2, 0.25) is 0 Å². The van der Waals surface area contributed by atoms with Crippen LogP contribution in [-0.2, 0) is 11.3 Å². The molecule has 106 valence electrons. The third-order valence-corrected chi connectivity index (χ3v) is 3.58. The molecule has 4 nitrogen and oxygen atoms in total. The number of hydrogen-bond donors (Lipinski definition) is 1. The van der Waals surface area contributed by atoms with Crippen molar-refractivity contribution in [1.82, 2.24) is 15.2 Å². The van der Waals surface area contributed by atoms with Gasteiger partial charge in [-0.1, -0.05) is 24.3 Å². The van der Waals surface area contributed by atoms with E-state index in [1.54, 1.807) is 7.05 Å². The van der Waals surface area contributed by atoms with Gasteiger partial charge in [0.1, 0.15) is 0 Å². The van der Waals surface area contributed by atoms with Crippen LogP contribution in [0, 0.1) is 0 Å². The zero-order chi connectivity index (χ0) is 14.5. The lowest BCUT2D eigenvalue weighted by atomic mass is 10.1. The van der Waals surface area contributed by atoms with Gasteiger partial charge < -0.3 is 5.32 Å². The van der Waals surface area contributed by atoms with Crippen molar-refractivity contribution in [2.24, 2.45) is 0 Å². The summed E-state index contributed by atoms with van der Waals surface area (Å²) in [5.74, 6) is 0.0656. The van der Waals surface area contributed by atoms with Crippen LogP contribution in [-0.4, -0.2) is 35.9 Å². The SMILES string of the molecule is CNC(=O)C[C@H](C)N(C)Cc1ccc2ccccc2n1. The average molecular weight is 271 g/mol. The molecule has 1 amide bonds. The lowest BCUT2D eigenvalue weighted by molar-refractivity contribution is -0.121. The predicted molar refractivity (Wildman–Crippen MR) is 81.4 cm³/mol. The quantitative estimate of drug-likeness (QED) is 0.906. The Hall–Kier alpha value is -1.94. The summed E-state index contributed by atoms with van der Waals surface area (Å²) in [6, 6.07) is 12.4. The molecule has 1 aromatic carbocycles. The van der Waals surface area contributed by atoms with Gasteiger partial charge >= 0.3 is 0 Å². The summed E-state index contributed by atoms with van der Waals surface area (Å²) in [6.07, 6.45) is 0.501. The van der Waals surface area contributed by atoms with E-state index in [-0.39, 0.29) is 11.9 Å². The number of carbonyl (C=O) groups excluding carboxylic acids is 1. The first-order chi connectivity index (χ1) is 9.60. The van der Waals surface area contributed by atoms with Gasteiger partial charge in [0.25, 0.3) is 0 Å². The van der Waals surface area contributed by atoms with Crippen LogP contribution < -0.4 is 5.32 Å². The summed E-state index contributed by atoms with van der Waals surface area (Å²) < 4.78 is 0. The van der Waals surface area contributed by atoms with Crippen molar-refractivity contribution in [1.29, 1.82) is 0 Å². The van der Waals surface area contributed by atoms with Crippen LogP contribution in [0.4, 0.5) is 0 Å². The Morgan fingerprint density at radius 1 is 1.30 bits per heavy atom. The highest BCUT2D eigenvalue weighted by atomic mass is 16.1. The van der Waals surface area contributed by atoms with Crippen molar-refractivity contribution in [3.05, 3.63) is 42.1 Å². The average Bonchev–Trinajstić information content (AvgIpc) is 2.46. The number of fused-ring (bicyclic) bond motifs is 1. The fourth-order valence-electron chi connectivity index (χ4n) is 2.13. The van der Waals surface area contributed by atoms with Crippen LogP contribution in [0.25, 0.3) is 10.9 Å². The third kappa shape index (κ3) is 3.54. The summed E-state index contributed by atoms with van der Waals surface area (Å²) in [5.41, 5.74) is 2.03. The Labute approximate surface area is 119 Å². The molecule has 0 unspecified atom stereocenters. The second kappa shape index (κ2) is 6.48. The van der Waals surface area contributed by atoms with Crippen molar-refractivity contribution in [2.45, 2.75) is 25.9 Å². The Morgan fingerprint density at radius 3 is 2.80 bits per heavy atom. The zero-order valence-corrected chi connectivity index (χ0v) is 12.3. The number of benzene rings is 1. The lowest BCUT2D eigenvalue weighted by Crippen LogP contribution is -2.34. The minimum Gasteiger partial charge on any atom is -0.359 e. The fraction of sp³-hybridized carbons (Fsp3) is 0.375. The van der Waals surface area contributed by atoms with Crippen LogP contribution in [0.3, 0.4) is 0 Å². The molecule has 0 aliphatic carbocycles. The van der Waals surface area contributed by atoms with E-state index >= 15 is 0 Å². The molecule has 0 bridgehead atoms. The number of nitrogens with one attached hydrogen (secondary N) is 1. The highest BCUT2D eigenvalue weighted by molar-refractivity contribution is 5.78. The van der Waals surface area contributed by atoms with Crippen LogP contribution >= 0.6 is 0 Å². The Balaban J connectivity index is 2.05. The van der Waals surface area contributed by atoms with E-state index in [9.17, 15) is 4.79 Å². The molecule has 1 N–H and O–H groups in total. The second-order valence-corrected chi connectivity index (χ2v) is 5.14. The molecule has 0 radical (unpaired) electrons. The van der Waals surface area contributed by atoms with Gasteiger partial charge in [-0.05, 0) is 26.1 Å². The Morgan fingerprint density at radius 2 is 2.05 bits per heavy atom. The van der Waals surface area contributed by atoms with Crippen molar-refractivity contribution in [3.8, 4) is 0 Å². The van der Waals surface area contributed by atoms with Gasteiger partial charge in [-0.3, -0.25) is 14.7 Å². The minimum absolute atomic E-state index is 0.0656. The molecule has 0 saturated carbocycles. The van der Waals surface area contributed by atoms with Gasteiger partial charge in [0.05, 0.1) is 11.2 Å². The van der Waals surface area contributed by atoms with Crippen LogP contribution in [0.15, 0.2) is 36.4 Å². The van der Waals surface area contributed by atoms with Crippen molar-refractivity contribution < 1.29 is 4.79 Å². The highest BCUT2D eigenvalue weighted by Gasteiger charge is 2.13. The fourth-order valence-corrected chi connectivity index (χ4v) is 2.13. The van der Waals surface area contributed by atoms with E-state index < -0.39 is 0 Å². The molecule has 2 rings (SSSR count). The summed E-state index contributed by atoms with van der Waals surface area (Å²) in [7, 11) is 3.68. The molecule has 1 heterocycles. The Kier molecular flexibility index (Phi) is 4.69. The standard InChI is InChI=1S/C16H21N3O/c1-12(10-16(20)17-2)19(3)11-14-9-8-13-6-4-5-7-15(13)18-14/h4-9,12H,10-11H2,1-3H3,(H,17,20)/t12-/m0/s1. The van der Waals surface area contributed by atoms with Crippen molar-refractivity contribution in [3.63, 3.8) is 0 Å². The summed E-state index contributed by atoms with van der Waals surface area (Å²) in [6.45, 7) is 2.79. The molecule has 0 aliphatic heterocycles. The first kappa shape index (κ1) is 14.5. The normalized spacial score (nSPS) is 12.6. The van der Waals surface area contributed by atoms with Gasteiger partial charge in [0.15, 0.2) is 0 Å². The monoisotopic (exact) mass is 271 g/mol. The van der Waals surface area contributed by atoms with E-state index in [1.165, 1.54) is 0 Å². The number of amides is 1. The molecule has 0 fully saturated rings. The summed E-state index contributed by atoms with van der Waals surface area (Å²) in [5, 5.41) is 3.81. The smallest absolute Gasteiger partial charge is 0.221 e. The molecule has 0 spiro atoms. The van der Waals surface area contributed by atoms with E-state index in [2.05, 4.69) is 34.3 Å². The number of aromatic nitrogens is 1. The van der Waals surface area contributed by atoms with Gasteiger partial charge in [-0.2, -0.15) is 0 Å². The number of rotatable bonds is 5. The van der Waals surface area contributed by atoms with Gasteiger partial charge in [-0.15, -0.1) is 0 Å². The van der Waals surface area contributed by atoms with Crippen LogP contribution in [0.1, 0.15) is 19.0 Å². The molecular formula is C16H21N3O. The number of para-hydroxylation sites is 1. The van der Waals surface area contributed by atoms with Crippen molar-refractivity contribution in [2.75, 3.05) is 14.1 Å². The van der Waals surface area contributed by atoms with Crippen molar-refractivity contribution >= 4 is 16.8 Å². The predicted octanol–water partition coefficient (Wildman–Crippen LogP) is 2.19. The summed E-state index contributed by atoms with van der Waals surface area (Å²) in [4.78, 5) is 18.2. The van der Waals surface area contributed by atoms with E-state index in [0.717, 1.165) is 23.1 Å². The Bertz CT molecular complexity index is 597. The highest BCUT2D eigenvalue weighted by Crippen LogP contribution is 2.14. The largest absolute Gasteiger partial charge is 0.359 e. The number of carbonyl (C=O) groups is 1. The van der Waals surface area contributed by atoms with Gasteiger partial charge in [0.2, 0.25) is 5.91 Å². The minimum atomic E-state index is 0.0656. The van der Waals surface area contributed by atoms with Crippen LogP contribution in [0.5, 0.6) is 0 Å². The summed E-state index contributed by atoms with van der Waals surface area (Å²) >= 11 is 0. The maximum atomic E-state index is 11.4. The first-order valence-electron chi connectivity index (χ1n) is 6.85. The first-order valence-corrected chi connectivity index (χ1v) is 6.85. The maximum Gasteiger partial charge on any atom is 0.221 e. The second-order valence-electron chi connectivity index (χ2n) is 5.14. The molecule has 2 aromatic rings. The molecule has 4 heteroatoms. The maximum absolute atomic E-state index is 11.4. The van der Waals surface area contributed by atoms with E-state index in [1.807, 2.05) is 31.3 Å². The molecule has 1 aromatic heterocycles. The molecule has 1 atom stereocenters. The van der Waals surface area contributed by atoms with E-state index in [4.69, 9.17) is 0 Å². The topological polar surface area (TPSA) is 45.2 Å². The number of nitrogens with zero attached hydrogens (tertiary/aromatic N) is 2. The molecule has 20 heavy (non-hydrogen) atoms. The van der Waals surface area contributed by atoms with Gasteiger partial charge in [-0.25, -0.2) is 0 Å². The molecular weight excluding hydrogens is 250 g/mol. The third-order valence-electron chi connectivity index (χ3n) is 3.58.